The Kier molecular flexibility index (Phi) is 4.99. The molecule has 9 heteroatoms. The molecule has 1 aromatic heterocycles. The lowest BCUT2D eigenvalue weighted by atomic mass is 9.92. The molecule has 2 N–H and O–H groups in total. The summed E-state index contributed by atoms with van der Waals surface area (Å²) in [6, 6.07) is 4.71. The largest absolute Gasteiger partial charge is 0.416 e. The van der Waals surface area contributed by atoms with Crippen LogP contribution in [0.5, 0.6) is 0 Å². The molecule has 0 radical (unpaired) electrons. The average Bonchev–Trinajstić information content (AvgIpc) is 3.10. The van der Waals surface area contributed by atoms with Crippen LogP contribution in [0.2, 0.25) is 0 Å². The van der Waals surface area contributed by atoms with Crippen molar-refractivity contribution in [3.8, 4) is 5.69 Å². The predicted octanol–water partition coefficient (Wildman–Crippen LogP) is 2.49. The third-order valence-corrected chi connectivity index (χ3v) is 4.64. The lowest BCUT2D eigenvalue weighted by molar-refractivity contribution is -0.137. The first-order valence-electron chi connectivity index (χ1n) is 8.40. The molecule has 2 aromatic rings. The minimum Gasteiger partial charge on any atom is -0.337 e. The smallest absolute Gasteiger partial charge is 0.337 e. The fourth-order valence-corrected chi connectivity index (χ4v) is 3.10. The Morgan fingerprint density at radius 3 is 2.85 bits per heavy atom. The van der Waals surface area contributed by atoms with E-state index in [0.29, 0.717) is 13.1 Å². The van der Waals surface area contributed by atoms with Crippen molar-refractivity contribution in [3.63, 3.8) is 0 Å². The van der Waals surface area contributed by atoms with E-state index in [1.54, 1.807) is 4.90 Å². The quantitative estimate of drug-likeness (QED) is 0.904. The number of nitrogens with zero attached hydrogens (tertiary/aromatic N) is 4. The fraction of sp³-hybridized carbons (Fsp3) is 0.471. The normalized spacial score (nSPS) is 19.4. The second-order valence-corrected chi connectivity index (χ2v) is 6.61. The van der Waals surface area contributed by atoms with Gasteiger partial charge in [0.2, 0.25) is 0 Å². The standard InChI is InChI=1S/C17H20F3N5O/c1-11(21)12-4-3-7-24(9-12)16(26)15-10-25(23-22-15)14-6-2-5-13(8-14)17(18,19)20/h2,5-6,8,10-12H,3-4,7,9,21H2,1H3/t11-,12-/m0/s1. The second kappa shape index (κ2) is 7.06. The Morgan fingerprint density at radius 1 is 1.38 bits per heavy atom. The van der Waals surface area contributed by atoms with E-state index >= 15 is 0 Å². The van der Waals surface area contributed by atoms with Gasteiger partial charge < -0.3 is 10.6 Å². The molecule has 1 aliphatic heterocycles. The fourth-order valence-electron chi connectivity index (χ4n) is 3.10. The van der Waals surface area contributed by atoms with Crippen molar-refractivity contribution in [2.24, 2.45) is 11.7 Å². The first kappa shape index (κ1) is 18.4. The molecule has 1 aliphatic rings. The van der Waals surface area contributed by atoms with Crippen LogP contribution in [0.15, 0.2) is 30.5 Å². The zero-order valence-corrected chi connectivity index (χ0v) is 14.3. The third-order valence-electron chi connectivity index (χ3n) is 4.64. The molecule has 6 nitrogen and oxygen atoms in total. The lowest BCUT2D eigenvalue weighted by Gasteiger charge is -2.34. The van der Waals surface area contributed by atoms with Crippen molar-refractivity contribution in [2.75, 3.05) is 13.1 Å². The second-order valence-electron chi connectivity index (χ2n) is 6.61. The van der Waals surface area contributed by atoms with Crippen LogP contribution in [-0.4, -0.2) is 44.9 Å². The molecule has 2 heterocycles. The molecule has 26 heavy (non-hydrogen) atoms. The molecule has 140 valence electrons. The van der Waals surface area contributed by atoms with Gasteiger partial charge in [-0.05, 0) is 43.9 Å². The van der Waals surface area contributed by atoms with E-state index in [9.17, 15) is 18.0 Å². The number of alkyl halides is 3. The Morgan fingerprint density at radius 2 is 2.15 bits per heavy atom. The molecule has 1 aromatic carbocycles. The summed E-state index contributed by atoms with van der Waals surface area (Å²) in [7, 11) is 0. The number of amides is 1. The van der Waals surface area contributed by atoms with Gasteiger partial charge in [-0.1, -0.05) is 11.3 Å². The number of nitrogens with two attached hydrogens (primary N) is 1. The van der Waals surface area contributed by atoms with E-state index in [4.69, 9.17) is 5.73 Å². The third kappa shape index (κ3) is 3.87. The Bertz CT molecular complexity index is 787. The van der Waals surface area contributed by atoms with Gasteiger partial charge in [0.05, 0.1) is 17.4 Å². The molecule has 2 atom stereocenters. The number of hydrogen-bond donors (Lipinski definition) is 1. The molecule has 1 amide bonds. The monoisotopic (exact) mass is 367 g/mol. The van der Waals surface area contributed by atoms with Gasteiger partial charge in [0.1, 0.15) is 0 Å². The van der Waals surface area contributed by atoms with Crippen LogP contribution in [-0.2, 0) is 6.18 Å². The van der Waals surface area contributed by atoms with Gasteiger partial charge >= 0.3 is 6.18 Å². The van der Waals surface area contributed by atoms with Crippen molar-refractivity contribution in [1.29, 1.82) is 0 Å². The Balaban J connectivity index is 1.78. The molecule has 0 unspecified atom stereocenters. The first-order chi connectivity index (χ1) is 12.3. The SMILES string of the molecule is C[C@H](N)[C@H]1CCCN(C(=O)c2cn(-c3cccc(C(F)(F)F)c3)nn2)C1. The van der Waals surface area contributed by atoms with E-state index in [1.807, 2.05) is 6.92 Å². The first-order valence-corrected chi connectivity index (χ1v) is 8.40. The molecule has 1 saturated heterocycles. The average molecular weight is 367 g/mol. The van der Waals surface area contributed by atoms with Gasteiger partial charge in [-0.15, -0.1) is 5.10 Å². The van der Waals surface area contributed by atoms with Gasteiger partial charge in [0, 0.05) is 19.1 Å². The summed E-state index contributed by atoms with van der Waals surface area (Å²) in [5.41, 5.74) is 5.45. The number of rotatable bonds is 3. The molecular formula is C17H20F3N5O. The van der Waals surface area contributed by atoms with Crippen molar-refractivity contribution in [3.05, 3.63) is 41.7 Å². The number of aromatic nitrogens is 3. The van der Waals surface area contributed by atoms with E-state index in [-0.39, 0.29) is 29.2 Å². The van der Waals surface area contributed by atoms with Crippen LogP contribution in [0, 0.1) is 5.92 Å². The molecule has 0 spiro atoms. The molecule has 0 bridgehead atoms. The van der Waals surface area contributed by atoms with Crippen LogP contribution in [0.1, 0.15) is 35.8 Å². The molecule has 0 aliphatic carbocycles. The highest BCUT2D eigenvalue weighted by Gasteiger charge is 2.31. The van der Waals surface area contributed by atoms with E-state index in [2.05, 4.69) is 10.3 Å². The number of benzene rings is 1. The van der Waals surface area contributed by atoms with Crippen LogP contribution in [0.4, 0.5) is 13.2 Å². The lowest BCUT2D eigenvalue weighted by Crippen LogP contribution is -2.45. The molecule has 0 saturated carbocycles. The number of likely N-dealkylation sites (tertiary alicyclic amines) is 1. The molecule has 1 fully saturated rings. The summed E-state index contributed by atoms with van der Waals surface area (Å²) in [4.78, 5) is 14.3. The summed E-state index contributed by atoms with van der Waals surface area (Å²) in [5.74, 6) is -0.0558. The Hall–Kier alpha value is -2.42. The summed E-state index contributed by atoms with van der Waals surface area (Å²) in [5, 5.41) is 7.65. The maximum absolute atomic E-state index is 12.8. The van der Waals surface area contributed by atoms with E-state index < -0.39 is 11.7 Å². The van der Waals surface area contributed by atoms with Crippen LogP contribution >= 0.6 is 0 Å². The van der Waals surface area contributed by atoms with Gasteiger partial charge in [-0.25, -0.2) is 4.68 Å². The highest BCUT2D eigenvalue weighted by atomic mass is 19.4. The van der Waals surface area contributed by atoms with Gasteiger partial charge in [0.15, 0.2) is 5.69 Å². The minimum atomic E-state index is -4.45. The van der Waals surface area contributed by atoms with Crippen molar-refractivity contribution in [2.45, 2.75) is 32.0 Å². The van der Waals surface area contributed by atoms with Crippen LogP contribution in [0.25, 0.3) is 5.69 Å². The summed E-state index contributed by atoms with van der Waals surface area (Å²) in [6.07, 6.45) is -1.26. The zero-order valence-electron chi connectivity index (χ0n) is 14.3. The van der Waals surface area contributed by atoms with Crippen molar-refractivity contribution < 1.29 is 18.0 Å². The summed E-state index contributed by atoms with van der Waals surface area (Å²) in [6.45, 7) is 3.08. The number of piperidine rings is 1. The number of hydrogen-bond acceptors (Lipinski definition) is 4. The number of halogens is 3. The maximum Gasteiger partial charge on any atom is 0.416 e. The van der Waals surface area contributed by atoms with Gasteiger partial charge in [-0.2, -0.15) is 13.2 Å². The highest BCUT2D eigenvalue weighted by Crippen LogP contribution is 2.30. The van der Waals surface area contributed by atoms with Crippen LogP contribution < -0.4 is 5.73 Å². The summed E-state index contributed by atoms with van der Waals surface area (Å²) >= 11 is 0. The van der Waals surface area contributed by atoms with Gasteiger partial charge in [0.25, 0.3) is 5.91 Å². The topological polar surface area (TPSA) is 77.0 Å². The Labute approximate surface area is 148 Å². The van der Waals surface area contributed by atoms with E-state index in [0.717, 1.165) is 25.0 Å². The minimum absolute atomic E-state index is 0.00797. The van der Waals surface area contributed by atoms with Gasteiger partial charge in [-0.3, -0.25) is 4.79 Å². The van der Waals surface area contributed by atoms with E-state index in [1.165, 1.54) is 23.0 Å². The molecule has 3 rings (SSSR count). The number of carbonyl (C=O) groups is 1. The zero-order chi connectivity index (χ0) is 18.9. The van der Waals surface area contributed by atoms with Crippen molar-refractivity contribution in [1.82, 2.24) is 19.9 Å². The van der Waals surface area contributed by atoms with Crippen LogP contribution in [0.3, 0.4) is 0 Å². The number of carbonyl (C=O) groups excluding carboxylic acids is 1. The van der Waals surface area contributed by atoms with Crippen molar-refractivity contribution >= 4 is 5.91 Å². The highest BCUT2D eigenvalue weighted by molar-refractivity contribution is 5.92. The predicted molar refractivity (Wildman–Crippen MR) is 88.6 cm³/mol. The maximum atomic E-state index is 12.8. The molecular weight excluding hydrogens is 347 g/mol. The summed E-state index contributed by atoms with van der Waals surface area (Å²) < 4.78 is 39.7.